The van der Waals surface area contributed by atoms with E-state index in [2.05, 4.69) is 15.6 Å². The zero-order valence-electron chi connectivity index (χ0n) is 21.4. The average molecular weight is 536 g/mol. The fourth-order valence-electron chi connectivity index (χ4n) is 3.52. The Morgan fingerprint density at radius 1 is 1.10 bits per heavy atom. The van der Waals surface area contributed by atoms with Gasteiger partial charge in [-0.3, -0.25) is 15.0 Å². The third-order valence-electron chi connectivity index (χ3n) is 5.23. The normalized spacial score (nSPS) is 10.3. The van der Waals surface area contributed by atoms with Crippen LogP contribution in [0.4, 0.5) is 11.5 Å². The predicted octanol–water partition coefficient (Wildman–Crippen LogP) is 3.16. The number of carbonyl (C=O) groups is 3. The molecule has 0 radical (unpaired) electrons. The van der Waals surface area contributed by atoms with E-state index in [0.29, 0.717) is 22.4 Å². The molecule has 0 bridgehead atoms. The number of benzene rings is 2. The summed E-state index contributed by atoms with van der Waals surface area (Å²) >= 11 is 0. The highest BCUT2D eigenvalue weighted by Crippen LogP contribution is 2.34. The Morgan fingerprint density at radius 2 is 1.85 bits per heavy atom. The van der Waals surface area contributed by atoms with Crippen molar-refractivity contribution in [1.82, 2.24) is 4.98 Å². The molecular formula is C27H29N5O7. The first-order valence-electron chi connectivity index (χ1n) is 11.9. The van der Waals surface area contributed by atoms with Crippen molar-refractivity contribution >= 4 is 35.2 Å². The number of pyridine rings is 1. The van der Waals surface area contributed by atoms with Crippen LogP contribution in [-0.4, -0.2) is 47.0 Å². The maximum absolute atomic E-state index is 13.0. The standard InChI is InChI=1S/C27H29N5O7/c1-3-37-22-12-17(14-38-16(2)33)11-19(24(22)39-15-23(34)35)13-31-26-21(5-4-10-30-26)27(36)32-20-8-6-18(7-9-20)25(28)29/h4-12H,3,13-15H2,1-2H3,(H3,28,29)(H,30,31)(H,32,36)(H,34,35). The van der Waals surface area contributed by atoms with Gasteiger partial charge in [-0.05, 0) is 61.0 Å². The molecule has 0 saturated carbocycles. The number of nitrogens with two attached hydrogens (primary N) is 1. The van der Waals surface area contributed by atoms with Crippen LogP contribution in [-0.2, 0) is 27.5 Å². The molecule has 2 aromatic carbocycles. The number of nitrogens with zero attached hydrogens (tertiary/aromatic N) is 1. The molecule has 0 atom stereocenters. The van der Waals surface area contributed by atoms with E-state index < -0.39 is 24.5 Å². The molecule has 3 aromatic rings. The van der Waals surface area contributed by atoms with Crippen molar-refractivity contribution in [3.05, 3.63) is 77.0 Å². The van der Waals surface area contributed by atoms with Gasteiger partial charge in [0.15, 0.2) is 18.1 Å². The zero-order valence-corrected chi connectivity index (χ0v) is 21.4. The molecule has 0 saturated heterocycles. The Kier molecular flexibility index (Phi) is 9.79. The van der Waals surface area contributed by atoms with Gasteiger partial charge in [0, 0.05) is 36.5 Å². The smallest absolute Gasteiger partial charge is 0.341 e. The van der Waals surface area contributed by atoms with E-state index in [0.717, 1.165) is 0 Å². The molecule has 1 amide bonds. The van der Waals surface area contributed by atoms with Crippen molar-refractivity contribution in [2.24, 2.45) is 5.73 Å². The number of nitrogen functional groups attached to an aromatic ring is 1. The minimum atomic E-state index is -1.17. The molecule has 204 valence electrons. The summed E-state index contributed by atoms with van der Waals surface area (Å²) in [5.41, 5.74) is 7.86. The molecule has 0 unspecified atom stereocenters. The van der Waals surface area contributed by atoms with Crippen LogP contribution in [0.1, 0.15) is 40.9 Å². The van der Waals surface area contributed by atoms with E-state index in [-0.39, 0.29) is 48.5 Å². The topological polar surface area (TPSA) is 186 Å². The number of amidine groups is 1. The number of amides is 1. The molecule has 39 heavy (non-hydrogen) atoms. The summed E-state index contributed by atoms with van der Waals surface area (Å²) < 4.78 is 16.3. The highest BCUT2D eigenvalue weighted by atomic mass is 16.5. The minimum absolute atomic E-state index is 0.0265. The summed E-state index contributed by atoms with van der Waals surface area (Å²) in [5, 5.41) is 22.5. The van der Waals surface area contributed by atoms with Gasteiger partial charge in [0.05, 0.1) is 12.2 Å². The number of ether oxygens (including phenoxy) is 3. The van der Waals surface area contributed by atoms with Crippen molar-refractivity contribution < 1.29 is 33.7 Å². The van der Waals surface area contributed by atoms with Crippen LogP contribution in [0.3, 0.4) is 0 Å². The Labute approximate surface area is 224 Å². The van der Waals surface area contributed by atoms with Crippen LogP contribution in [0, 0.1) is 5.41 Å². The van der Waals surface area contributed by atoms with Crippen molar-refractivity contribution in [3.63, 3.8) is 0 Å². The van der Waals surface area contributed by atoms with Crippen LogP contribution < -0.4 is 25.8 Å². The third kappa shape index (κ3) is 8.18. The van der Waals surface area contributed by atoms with Gasteiger partial charge >= 0.3 is 11.9 Å². The number of esters is 1. The Morgan fingerprint density at radius 3 is 2.49 bits per heavy atom. The second kappa shape index (κ2) is 13.4. The SMILES string of the molecule is CCOc1cc(COC(C)=O)cc(CNc2ncccc2C(=O)Nc2ccc(C(=N)N)cc2)c1OCC(=O)O. The highest BCUT2D eigenvalue weighted by molar-refractivity contribution is 6.07. The quantitative estimate of drug-likeness (QED) is 0.124. The number of anilines is 2. The van der Waals surface area contributed by atoms with Gasteiger partial charge in [0.2, 0.25) is 0 Å². The molecule has 1 heterocycles. The Balaban J connectivity index is 1.87. The lowest BCUT2D eigenvalue weighted by Crippen LogP contribution is -2.17. The lowest BCUT2D eigenvalue weighted by molar-refractivity contribution is -0.142. The summed E-state index contributed by atoms with van der Waals surface area (Å²) in [6.45, 7) is 2.79. The fraction of sp³-hybridized carbons (Fsp3) is 0.222. The van der Waals surface area contributed by atoms with Crippen molar-refractivity contribution in [2.45, 2.75) is 27.0 Å². The summed E-state index contributed by atoms with van der Waals surface area (Å²) in [6, 6.07) is 13.0. The molecule has 0 aliphatic heterocycles. The monoisotopic (exact) mass is 535 g/mol. The largest absolute Gasteiger partial charge is 0.490 e. The van der Waals surface area contributed by atoms with E-state index in [1.54, 1.807) is 55.5 Å². The van der Waals surface area contributed by atoms with E-state index in [1.807, 2.05) is 0 Å². The van der Waals surface area contributed by atoms with E-state index >= 15 is 0 Å². The second-order valence-electron chi connectivity index (χ2n) is 8.18. The van der Waals surface area contributed by atoms with Crippen LogP contribution >= 0.6 is 0 Å². The third-order valence-corrected chi connectivity index (χ3v) is 5.23. The number of carboxylic acids is 1. The van der Waals surface area contributed by atoms with E-state index in [9.17, 15) is 14.4 Å². The van der Waals surface area contributed by atoms with Crippen LogP contribution in [0.2, 0.25) is 0 Å². The number of hydrogen-bond donors (Lipinski definition) is 5. The molecule has 1 aromatic heterocycles. The van der Waals surface area contributed by atoms with Gasteiger partial charge in [-0.15, -0.1) is 0 Å². The first-order valence-corrected chi connectivity index (χ1v) is 11.9. The highest BCUT2D eigenvalue weighted by Gasteiger charge is 2.18. The van der Waals surface area contributed by atoms with Crippen LogP contribution in [0.25, 0.3) is 0 Å². The molecule has 6 N–H and O–H groups in total. The Bertz CT molecular complexity index is 1360. The average Bonchev–Trinajstić information content (AvgIpc) is 2.90. The predicted molar refractivity (Wildman–Crippen MR) is 143 cm³/mol. The van der Waals surface area contributed by atoms with Crippen LogP contribution in [0.15, 0.2) is 54.7 Å². The maximum Gasteiger partial charge on any atom is 0.341 e. The number of carbonyl (C=O) groups excluding carboxylic acids is 2. The first kappa shape index (κ1) is 28.4. The van der Waals surface area contributed by atoms with Gasteiger partial charge in [-0.2, -0.15) is 0 Å². The summed E-state index contributed by atoms with van der Waals surface area (Å²) in [6.07, 6.45) is 1.52. The first-order chi connectivity index (χ1) is 18.7. The molecule has 3 rings (SSSR count). The number of hydrogen-bond acceptors (Lipinski definition) is 9. The summed E-state index contributed by atoms with van der Waals surface area (Å²) in [7, 11) is 0. The lowest BCUT2D eigenvalue weighted by Gasteiger charge is -2.18. The molecule has 0 spiro atoms. The van der Waals surface area contributed by atoms with Crippen LogP contribution in [0.5, 0.6) is 11.5 Å². The van der Waals surface area contributed by atoms with Gasteiger partial charge in [-0.1, -0.05) is 0 Å². The second-order valence-corrected chi connectivity index (χ2v) is 8.18. The molecule has 0 aliphatic rings. The number of aliphatic carboxylic acids is 1. The number of nitrogens with one attached hydrogen (secondary N) is 3. The summed E-state index contributed by atoms with van der Waals surface area (Å²) in [5.74, 6) is -1.38. The lowest BCUT2D eigenvalue weighted by atomic mass is 10.1. The summed E-state index contributed by atoms with van der Waals surface area (Å²) in [4.78, 5) is 39.8. The van der Waals surface area contributed by atoms with Crippen molar-refractivity contribution in [3.8, 4) is 11.5 Å². The Hall–Kier alpha value is -5.13. The van der Waals surface area contributed by atoms with Gasteiger partial charge < -0.3 is 35.7 Å². The molecule has 12 heteroatoms. The van der Waals surface area contributed by atoms with Gasteiger partial charge in [0.1, 0.15) is 18.3 Å². The van der Waals surface area contributed by atoms with Gasteiger partial charge in [-0.25, -0.2) is 9.78 Å². The van der Waals surface area contributed by atoms with E-state index in [1.165, 1.54) is 13.1 Å². The molecule has 12 nitrogen and oxygen atoms in total. The zero-order chi connectivity index (χ0) is 28.4. The number of aromatic nitrogens is 1. The van der Waals surface area contributed by atoms with Crippen molar-refractivity contribution in [2.75, 3.05) is 23.8 Å². The van der Waals surface area contributed by atoms with Gasteiger partial charge in [0.25, 0.3) is 5.91 Å². The number of rotatable bonds is 13. The minimum Gasteiger partial charge on any atom is -0.490 e. The number of carboxylic acid groups (broad SMARTS) is 1. The molecule has 0 aliphatic carbocycles. The molecular weight excluding hydrogens is 506 g/mol. The fourth-order valence-corrected chi connectivity index (χ4v) is 3.52. The van der Waals surface area contributed by atoms with E-state index in [4.69, 9.17) is 30.5 Å². The van der Waals surface area contributed by atoms with Crippen molar-refractivity contribution in [1.29, 1.82) is 5.41 Å². The maximum atomic E-state index is 13.0. The molecule has 0 fully saturated rings.